The highest BCUT2D eigenvalue weighted by molar-refractivity contribution is 6.30. The van der Waals surface area contributed by atoms with E-state index in [1.165, 1.54) is 22.3 Å². The number of pyridine rings is 1. The number of nitrogens with zero attached hydrogens (tertiary/aromatic N) is 4. The zero-order valence-corrected chi connectivity index (χ0v) is 21.8. The Labute approximate surface area is 213 Å². The van der Waals surface area contributed by atoms with Gasteiger partial charge in [-0.15, -0.1) is 0 Å². The lowest BCUT2D eigenvalue weighted by Gasteiger charge is -2.39. The van der Waals surface area contributed by atoms with Crippen molar-refractivity contribution < 1.29 is 4.79 Å². The SMILES string of the molecule is CC(C)CC1(C)N=C(N)N(CC2CCN(C3c4ccc(Cl)cc4CCc4ccncc43)CC2)C1=O. The van der Waals surface area contributed by atoms with Gasteiger partial charge in [0.1, 0.15) is 5.54 Å². The molecule has 35 heavy (non-hydrogen) atoms. The van der Waals surface area contributed by atoms with Crippen molar-refractivity contribution in [3.05, 3.63) is 63.9 Å². The van der Waals surface area contributed by atoms with Crippen LogP contribution in [0.3, 0.4) is 0 Å². The van der Waals surface area contributed by atoms with Crippen LogP contribution in [0, 0.1) is 11.8 Å². The fourth-order valence-electron chi connectivity index (χ4n) is 6.31. The Balaban J connectivity index is 1.32. The number of hydrogen-bond donors (Lipinski definition) is 1. The Morgan fingerprint density at radius 2 is 1.89 bits per heavy atom. The first-order chi connectivity index (χ1) is 16.7. The zero-order chi connectivity index (χ0) is 24.7. The van der Waals surface area contributed by atoms with Crippen LogP contribution >= 0.6 is 11.6 Å². The molecule has 1 amide bonds. The number of piperidine rings is 1. The number of halogens is 1. The molecular weight excluding hydrogens is 458 g/mol. The lowest BCUT2D eigenvalue weighted by Crippen LogP contribution is -2.47. The molecule has 5 rings (SSSR count). The maximum atomic E-state index is 13.2. The zero-order valence-electron chi connectivity index (χ0n) is 21.0. The van der Waals surface area contributed by atoms with Crippen molar-refractivity contribution in [1.82, 2.24) is 14.8 Å². The number of aryl methyl sites for hydroxylation is 2. The quantitative estimate of drug-likeness (QED) is 0.660. The molecule has 2 aromatic rings. The van der Waals surface area contributed by atoms with Gasteiger partial charge < -0.3 is 5.73 Å². The van der Waals surface area contributed by atoms with E-state index < -0.39 is 5.54 Å². The molecule has 1 aromatic heterocycles. The molecule has 1 aromatic carbocycles. The number of carbonyl (C=O) groups excluding carboxylic acids is 1. The number of fused-ring (bicyclic) bond motifs is 2. The van der Waals surface area contributed by atoms with E-state index >= 15 is 0 Å². The third-order valence-electron chi connectivity index (χ3n) is 7.91. The summed E-state index contributed by atoms with van der Waals surface area (Å²) in [7, 11) is 0. The van der Waals surface area contributed by atoms with Crippen LogP contribution in [0.15, 0.2) is 41.7 Å². The van der Waals surface area contributed by atoms with Crippen molar-refractivity contribution in [1.29, 1.82) is 0 Å². The first kappa shape index (κ1) is 24.3. The highest BCUT2D eigenvalue weighted by Gasteiger charge is 2.45. The third kappa shape index (κ3) is 4.70. The molecule has 2 unspecified atom stereocenters. The average Bonchev–Trinajstić information content (AvgIpc) is 2.95. The van der Waals surface area contributed by atoms with E-state index in [1.54, 1.807) is 4.90 Å². The molecule has 3 aliphatic rings. The van der Waals surface area contributed by atoms with Crippen molar-refractivity contribution in [2.24, 2.45) is 22.6 Å². The van der Waals surface area contributed by atoms with E-state index in [-0.39, 0.29) is 11.9 Å². The second-order valence-electron chi connectivity index (χ2n) is 11.1. The molecule has 6 nitrogen and oxygen atoms in total. The van der Waals surface area contributed by atoms with Crippen molar-refractivity contribution in [2.45, 2.75) is 64.5 Å². The van der Waals surface area contributed by atoms with E-state index in [0.717, 1.165) is 50.2 Å². The Kier molecular flexibility index (Phi) is 6.62. The number of carbonyl (C=O) groups is 1. The molecule has 186 valence electrons. The Morgan fingerprint density at radius 3 is 2.63 bits per heavy atom. The molecule has 7 heteroatoms. The summed E-state index contributed by atoms with van der Waals surface area (Å²) in [5, 5.41) is 0.796. The highest BCUT2D eigenvalue weighted by Crippen LogP contribution is 2.39. The van der Waals surface area contributed by atoms with E-state index in [9.17, 15) is 4.79 Å². The average molecular weight is 494 g/mol. The van der Waals surface area contributed by atoms with Crippen LogP contribution in [0.4, 0.5) is 0 Å². The van der Waals surface area contributed by atoms with Crippen LogP contribution in [-0.4, -0.2) is 51.8 Å². The summed E-state index contributed by atoms with van der Waals surface area (Å²) < 4.78 is 0. The predicted molar refractivity (Wildman–Crippen MR) is 140 cm³/mol. The number of aliphatic imine (C=N–C) groups is 1. The van der Waals surface area contributed by atoms with E-state index in [0.29, 0.717) is 24.3 Å². The molecule has 2 atom stereocenters. The fraction of sp³-hybridized carbons (Fsp3) is 0.536. The number of guanidine groups is 1. The molecule has 3 heterocycles. The molecule has 1 saturated heterocycles. The number of likely N-dealkylation sites (tertiary alicyclic amines) is 1. The van der Waals surface area contributed by atoms with E-state index in [1.807, 2.05) is 25.4 Å². The van der Waals surface area contributed by atoms with Crippen LogP contribution in [0.1, 0.15) is 68.3 Å². The smallest absolute Gasteiger partial charge is 0.257 e. The minimum Gasteiger partial charge on any atom is -0.369 e. The summed E-state index contributed by atoms with van der Waals surface area (Å²) in [5.41, 5.74) is 10.9. The summed E-state index contributed by atoms with van der Waals surface area (Å²) in [4.78, 5) is 26.6. The van der Waals surface area contributed by atoms with Gasteiger partial charge in [0.15, 0.2) is 5.96 Å². The number of nitrogens with two attached hydrogens (primary N) is 1. The number of hydrogen-bond acceptors (Lipinski definition) is 5. The standard InChI is InChI=1S/C28H36ClN5O/c1-18(2)15-28(3)26(35)34(27(30)32-28)17-19-9-12-33(13-10-19)25-23-7-6-22(29)14-21(23)5-4-20-8-11-31-16-24(20)25/h6-8,11,14,16,18-19,25H,4-5,9-10,12-13,15,17H2,1-3H3,(H2,30,32). The summed E-state index contributed by atoms with van der Waals surface area (Å²) in [6, 6.07) is 8.69. The topological polar surface area (TPSA) is 74.8 Å². The van der Waals surface area contributed by atoms with Crippen LogP contribution in [0.2, 0.25) is 5.02 Å². The first-order valence-corrected chi connectivity index (χ1v) is 13.3. The maximum absolute atomic E-state index is 13.2. The lowest BCUT2D eigenvalue weighted by atomic mass is 9.89. The predicted octanol–water partition coefficient (Wildman–Crippen LogP) is 4.60. The van der Waals surface area contributed by atoms with Gasteiger partial charge >= 0.3 is 0 Å². The van der Waals surface area contributed by atoms with Gasteiger partial charge in [-0.25, -0.2) is 4.99 Å². The van der Waals surface area contributed by atoms with Gasteiger partial charge in [0, 0.05) is 24.0 Å². The van der Waals surface area contributed by atoms with Gasteiger partial charge in [0.05, 0.1) is 6.04 Å². The molecular formula is C28H36ClN5O. The summed E-state index contributed by atoms with van der Waals surface area (Å²) >= 11 is 6.37. The summed E-state index contributed by atoms with van der Waals surface area (Å²) in [6.07, 6.45) is 8.70. The molecule has 0 radical (unpaired) electrons. The van der Waals surface area contributed by atoms with Crippen molar-refractivity contribution in [3.8, 4) is 0 Å². The van der Waals surface area contributed by atoms with Gasteiger partial charge in [0.25, 0.3) is 5.91 Å². The summed E-state index contributed by atoms with van der Waals surface area (Å²) in [6.45, 7) is 8.75. The van der Waals surface area contributed by atoms with E-state index in [4.69, 9.17) is 17.3 Å². The molecule has 0 bridgehead atoms. The number of aromatic nitrogens is 1. The van der Waals surface area contributed by atoms with Crippen molar-refractivity contribution in [2.75, 3.05) is 19.6 Å². The largest absolute Gasteiger partial charge is 0.369 e. The van der Waals surface area contributed by atoms with Crippen molar-refractivity contribution >= 4 is 23.5 Å². The number of rotatable bonds is 5. The first-order valence-electron chi connectivity index (χ1n) is 12.9. The summed E-state index contributed by atoms with van der Waals surface area (Å²) in [5.74, 6) is 1.24. The fourth-order valence-corrected chi connectivity index (χ4v) is 6.50. The molecule has 2 aliphatic heterocycles. The lowest BCUT2D eigenvalue weighted by molar-refractivity contribution is -0.131. The molecule has 0 spiro atoms. The molecule has 1 aliphatic carbocycles. The van der Waals surface area contributed by atoms with Crippen LogP contribution in [0.5, 0.6) is 0 Å². The van der Waals surface area contributed by atoms with Crippen LogP contribution < -0.4 is 5.73 Å². The normalized spacial score (nSPS) is 25.4. The Morgan fingerprint density at radius 1 is 1.14 bits per heavy atom. The number of amides is 1. The monoisotopic (exact) mass is 493 g/mol. The Hall–Kier alpha value is -2.44. The van der Waals surface area contributed by atoms with Gasteiger partial charge in [-0.2, -0.15) is 0 Å². The third-order valence-corrected chi connectivity index (χ3v) is 8.14. The minimum absolute atomic E-state index is 0.0562. The maximum Gasteiger partial charge on any atom is 0.257 e. The molecule has 0 saturated carbocycles. The highest BCUT2D eigenvalue weighted by atomic mass is 35.5. The van der Waals surface area contributed by atoms with Crippen LogP contribution in [-0.2, 0) is 17.6 Å². The second kappa shape index (κ2) is 9.55. The molecule has 1 fully saturated rings. The Bertz CT molecular complexity index is 1140. The van der Waals surface area contributed by atoms with Crippen LogP contribution in [0.25, 0.3) is 0 Å². The van der Waals surface area contributed by atoms with E-state index in [2.05, 4.69) is 46.9 Å². The van der Waals surface area contributed by atoms with Gasteiger partial charge in [-0.3, -0.25) is 19.6 Å². The number of benzene rings is 1. The van der Waals surface area contributed by atoms with Gasteiger partial charge in [-0.1, -0.05) is 31.5 Å². The van der Waals surface area contributed by atoms with Gasteiger partial charge in [-0.05, 0) is 104 Å². The second-order valence-corrected chi connectivity index (χ2v) is 11.5. The van der Waals surface area contributed by atoms with Crippen molar-refractivity contribution in [3.63, 3.8) is 0 Å². The molecule has 2 N–H and O–H groups in total. The minimum atomic E-state index is -0.721. The van der Waals surface area contributed by atoms with Gasteiger partial charge in [0.2, 0.25) is 0 Å².